The topological polar surface area (TPSA) is 145 Å². The van der Waals surface area contributed by atoms with Gasteiger partial charge in [-0.15, -0.1) is 5.11 Å². The average Bonchev–Trinajstić information content (AvgIpc) is 3.29. The summed E-state index contributed by atoms with van der Waals surface area (Å²) in [7, 11) is 0. The third-order valence-corrected chi connectivity index (χ3v) is 4.91. The van der Waals surface area contributed by atoms with Gasteiger partial charge in [0.25, 0.3) is 5.91 Å². The molecule has 13 heteroatoms. The largest absolute Gasteiger partial charge is 0.378 e. The van der Waals surface area contributed by atoms with Crippen molar-refractivity contribution < 1.29 is 23.5 Å². The molecule has 2 aromatic carbocycles. The van der Waals surface area contributed by atoms with Crippen molar-refractivity contribution in [1.82, 2.24) is 10.3 Å². The van der Waals surface area contributed by atoms with E-state index in [0.717, 1.165) is 29.5 Å². The number of halogens is 3. The molecule has 1 aliphatic rings. The maximum atomic E-state index is 14.0. The van der Waals surface area contributed by atoms with Crippen molar-refractivity contribution in [2.24, 2.45) is 26.3 Å². The Morgan fingerprint density at radius 1 is 1.36 bits per heavy atom. The summed E-state index contributed by atoms with van der Waals surface area (Å²) >= 11 is 6.02. The van der Waals surface area contributed by atoms with Crippen LogP contribution in [0, 0.1) is 11.6 Å². The lowest BCUT2D eigenvalue weighted by Crippen LogP contribution is -2.46. The van der Waals surface area contributed by atoms with Gasteiger partial charge < -0.3 is 16.3 Å². The first-order valence-electron chi connectivity index (χ1n) is 9.49. The second-order valence-electron chi connectivity index (χ2n) is 6.74. The summed E-state index contributed by atoms with van der Waals surface area (Å²) in [5, 5.41) is 24.4. The van der Waals surface area contributed by atoms with E-state index in [-0.39, 0.29) is 13.0 Å². The Morgan fingerprint density at radius 3 is 2.91 bits per heavy atom. The summed E-state index contributed by atoms with van der Waals surface area (Å²) in [5.41, 5.74) is 0.426. The SMILES string of the molecule is NN=NC=Nc1ccc(Cl)cc1CNC(=O)[C@@H]1CC=NN1C(=O)C(O)c1cccc(F)c1F. The van der Waals surface area contributed by atoms with E-state index in [9.17, 15) is 23.5 Å². The molecule has 1 aliphatic heterocycles. The van der Waals surface area contributed by atoms with Crippen LogP contribution < -0.4 is 11.2 Å². The Labute approximate surface area is 191 Å². The fraction of sp³-hybridized carbons (Fsp3) is 0.200. The van der Waals surface area contributed by atoms with Crippen molar-refractivity contribution in [1.29, 1.82) is 0 Å². The van der Waals surface area contributed by atoms with Gasteiger partial charge in [0.15, 0.2) is 17.7 Å². The molecule has 0 radical (unpaired) electrons. The number of benzene rings is 2. The van der Waals surface area contributed by atoms with Gasteiger partial charge >= 0.3 is 0 Å². The quantitative estimate of drug-likeness (QED) is 0.185. The minimum absolute atomic E-state index is 0.00849. The number of hydrogen-bond acceptors (Lipinski definition) is 6. The van der Waals surface area contributed by atoms with Crippen LogP contribution in [0.2, 0.25) is 5.02 Å². The van der Waals surface area contributed by atoms with Gasteiger partial charge in [-0.2, -0.15) is 5.10 Å². The molecule has 10 nitrogen and oxygen atoms in total. The molecule has 0 bridgehead atoms. The van der Waals surface area contributed by atoms with Crippen molar-refractivity contribution in [3.63, 3.8) is 0 Å². The molecule has 0 saturated carbocycles. The minimum Gasteiger partial charge on any atom is -0.378 e. The molecule has 33 heavy (non-hydrogen) atoms. The zero-order valence-corrected chi connectivity index (χ0v) is 17.7. The number of nitrogens with one attached hydrogen (secondary N) is 1. The Balaban J connectivity index is 1.71. The van der Waals surface area contributed by atoms with Crippen LogP contribution >= 0.6 is 11.6 Å². The number of amides is 2. The first-order chi connectivity index (χ1) is 15.8. The highest BCUT2D eigenvalue weighted by molar-refractivity contribution is 6.30. The molecule has 3 rings (SSSR count). The number of nitrogens with two attached hydrogens (primary N) is 1. The Bertz CT molecular complexity index is 1140. The predicted octanol–water partition coefficient (Wildman–Crippen LogP) is 2.54. The second-order valence-corrected chi connectivity index (χ2v) is 7.18. The number of hydrogen-bond donors (Lipinski definition) is 3. The highest BCUT2D eigenvalue weighted by atomic mass is 35.5. The van der Waals surface area contributed by atoms with E-state index in [2.05, 4.69) is 25.7 Å². The van der Waals surface area contributed by atoms with Crippen molar-refractivity contribution in [3.8, 4) is 0 Å². The monoisotopic (exact) mass is 477 g/mol. The number of nitrogens with zero attached hydrogens (tertiary/aromatic N) is 5. The lowest BCUT2D eigenvalue weighted by atomic mass is 10.1. The van der Waals surface area contributed by atoms with Gasteiger partial charge in [-0.05, 0) is 29.8 Å². The summed E-state index contributed by atoms with van der Waals surface area (Å²) in [6, 6.07) is 6.76. The van der Waals surface area contributed by atoms with Crippen LogP contribution in [-0.2, 0) is 16.1 Å². The molecule has 4 N–H and O–H groups in total. The van der Waals surface area contributed by atoms with E-state index in [0.29, 0.717) is 16.3 Å². The molecule has 1 unspecified atom stereocenters. The van der Waals surface area contributed by atoms with Crippen LogP contribution in [0.25, 0.3) is 0 Å². The number of carbonyl (C=O) groups excluding carboxylic acids is 2. The fourth-order valence-corrected chi connectivity index (χ4v) is 3.27. The van der Waals surface area contributed by atoms with E-state index in [1.165, 1.54) is 6.21 Å². The highest BCUT2D eigenvalue weighted by Gasteiger charge is 2.37. The van der Waals surface area contributed by atoms with Crippen LogP contribution in [0.1, 0.15) is 23.7 Å². The van der Waals surface area contributed by atoms with E-state index in [1.54, 1.807) is 18.2 Å². The fourth-order valence-electron chi connectivity index (χ4n) is 3.07. The number of carbonyl (C=O) groups is 2. The van der Waals surface area contributed by atoms with Crippen LogP contribution in [0.4, 0.5) is 14.5 Å². The van der Waals surface area contributed by atoms with E-state index in [4.69, 9.17) is 17.4 Å². The van der Waals surface area contributed by atoms with Gasteiger partial charge in [0.2, 0.25) is 5.91 Å². The molecule has 0 aliphatic carbocycles. The Kier molecular flexibility index (Phi) is 7.74. The van der Waals surface area contributed by atoms with E-state index in [1.807, 2.05) is 0 Å². The van der Waals surface area contributed by atoms with Crippen LogP contribution in [0.15, 0.2) is 56.8 Å². The zero-order chi connectivity index (χ0) is 24.0. The first kappa shape index (κ1) is 23.9. The molecular weight excluding hydrogens is 460 g/mol. The molecule has 2 amide bonds. The summed E-state index contributed by atoms with van der Waals surface area (Å²) in [5.74, 6) is 0.682. The predicted molar refractivity (Wildman–Crippen MR) is 116 cm³/mol. The second kappa shape index (κ2) is 10.7. The van der Waals surface area contributed by atoms with Gasteiger partial charge in [-0.3, -0.25) is 9.59 Å². The van der Waals surface area contributed by atoms with Crippen molar-refractivity contribution in [2.45, 2.75) is 25.1 Å². The molecule has 2 aromatic rings. The summed E-state index contributed by atoms with van der Waals surface area (Å²) in [4.78, 5) is 29.5. The summed E-state index contributed by atoms with van der Waals surface area (Å²) in [6.07, 6.45) is 0.445. The van der Waals surface area contributed by atoms with Crippen LogP contribution in [0.5, 0.6) is 0 Å². The molecule has 0 aromatic heterocycles. The van der Waals surface area contributed by atoms with Gasteiger partial charge in [-0.1, -0.05) is 29.0 Å². The number of hydrazone groups is 1. The lowest BCUT2D eigenvalue weighted by molar-refractivity contribution is -0.146. The number of rotatable bonds is 7. The normalized spacial score (nSPS) is 16.6. The van der Waals surface area contributed by atoms with Crippen molar-refractivity contribution in [3.05, 3.63) is 64.2 Å². The molecule has 172 valence electrons. The molecule has 2 atom stereocenters. The molecule has 0 saturated heterocycles. The smallest absolute Gasteiger partial charge is 0.276 e. The Morgan fingerprint density at radius 2 is 2.15 bits per heavy atom. The standard InChI is InChI=1S/C20H18ClF2N7O3/c21-12-4-5-15(26-10-27-29-24)11(8-12)9-25-19(32)16-6-7-28-30(16)20(33)18(31)13-2-1-3-14(22)17(13)23/h1-5,7-8,10,16,18,31H,6,9H2,(H,25,32)(H2,24,26,27)/t16-,18?/m0/s1. The van der Waals surface area contributed by atoms with Crippen LogP contribution in [0.3, 0.4) is 0 Å². The van der Waals surface area contributed by atoms with Gasteiger partial charge in [0, 0.05) is 29.8 Å². The average molecular weight is 478 g/mol. The molecule has 0 fully saturated rings. The Hall–Kier alpha value is -3.77. The molecule has 0 spiro atoms. The zero-order valence-electron chi connectivity index (χ0n) is 16.9. The third kappa shape index (κ3) is 5.54. The van der Waals surface area contributed by atoms with Crippen LogP contribution in [-0.4, -0.2) is 40.5 Å². The van der Waals surface area contributed by atoms with Gasteiger partial charge in [0.05, 0.1) is 5.69 Å². The summed E-state index contributed by atoms with van der Waals surface area (Å²) in [6.45, 7) is -0.00849. The maximum Gasteiger partial charge on any atom is 0.276 e. The minimum atomic E-state index is -2.04. The highest BCUT2D eigenvalue weighted by Crippen LogP contribution is 2.25. The van der Waals surface area contributed by atoms with E-state index < -0.39 is 41.2 Å². The molecule has 1 heterocycles. The van der Waals surface area contributed by atoms with Gasteiger partial charge in [-0.25, -0.2) is 18.8 Å². The molecular formula is C20H18ClF2N7O3. The number of aliphatic imine (C=N–C) groups is 1. The first-order valence-corrected chi connectivity index (χ1v) is 9.87. The number of aliphatic hydroxyl groups excluding tert-OH is 1. The van der Waals surface area contributed by atoms with E-state index >= 15 is 0 Å². The summed E-state index contributed by atoms with van der Waals surface area (Å²) < 4.78 is 27.4. The lowest BCUT2D eigenvalue weighted by Gasteiger charge is -2.24. The van der Waals surface area contributed by atoms with Crippen molar-refractivity contribution in [2.75, 3.05) is 0 Å². The number of aliphatic hydroxyl groups is 1. The van der Waals surface area contributed by atoms with Gasteiger partial charge in [0.1, 0.15) is 12.4 Å². The van der Waals surface area contributed by atoms with Crippen molar-refractivity contribution >= 4 is 41.7 Å². The third-order valence-electron chi connectivity index (χ3n) is 4.68. The maximum absolute atomic E-state index is 14.0.